The molecule has 2 heterocycles. The molecular weight excluding hydrogens is 242 g/mol. The maximum Gasteiger partial charge on any atom is 0.140 e. The lowest BCUT2D eigenvalue weighted by Crippen LogP contribution is -2.34. The number of nitrogens with zero attached hydrogens (tertiary/aromatic N) is 2. The van der Waals surface area contributed by atoms with Gasteiger partial charge in [-0.25, -0.2) is 4.98 Å². The van der Waals surface area contributed by atoms with E-state index in [0.717, 1.165) is 43.1 Å². The summed E-state index contributed by atoms with van der Waals surface area (Å²) < 4.78 is 13.2. The fraction of sp³-hybridized carbons (Fsp3) is 0.500. The number of fused-ring (bicyclic) bond motifs is 1. The minimum atomic E-state index is 0.0259. The van der Waals surface area contributed by atoms with Crippen LogP contribution >= 0.6 is 0 Å². The van der Waals surface area contributed by atoms with Crippen molar-refractivity contribution in [1.82, 2.24) is 14.9 Å². The van der Waals surface area contributed by atoms with Crippen LogP contribution in [0.4, 0.5) is 0 Å². The molecule has 0 radical (unpaired) electrons. The highest BCUT2D eigenvalue weighted by molar-refractivity contribution is 5.76. The molecule has 0 saturated carbocycles. The molecule has 1 aromatic heterocycles. The first-order valence-electron chi connectivity index (χ1n) is 6.66. The third kappa shape index (κ3) is 2.49. The molecule has 5 nitrogen and oxygen atoms in total. The van der Waals surface area contributed by atoms with Gasteiger partial charge in [0.25, 0.3) is 0 Å². The van der Waals surface area contributed by atoms with Crippen LogP contribution in [0.5, 0.6) is 0 Å². The average molecular weight is 261 g/mol. The van der Waals surface area contributed by atoms with Crippen molar-refractivity contribution in [2.75, 3.05) is 33.4 Å². The molecule has 1 fully saturated rings. The Balaban J connectivity index is 2.00. The summed E-state index contributed by atoms with van der Waals surface area (Å²) in [5.74, 6) is 0.991. The number of para-hydroxylation sites is 2. The Morgan fingerprint density at radius 2 is 2.37 bits per heavy atom. The topological polar surface area (TPSA) is 48.3 Å². The van der Waals surface area contributed by atoms with Crippen molar-refractivity contribution < 1.29 is 9.47 Å². The standard InChI is InChI=1S/C14H19N3O2/c1-18-9-7-17-12-5-3-2-4-11(12)16-14(17)13-10-15-6-8-19-13/h2-5,13,15H,6-10H2,1H3. The second-order valence-electron chi connectivity index (χ2n) is 4.67. The van der Waals surface area contributed by atoms with Crippen LogP contribution in [0.1, 0.15) is 11.9 Å². The molecule has 0 amide bonds. The lowest BCUT2D eigenvalue weighted by atomic mass is 10.3. The third-order valence-electron chi connectivity index (χ3n) is 3.42. The summed E-state index contributed by atoms with van der Waals surface area (Å²) in [5.41, 5.74) is 2.16. The van der Waals surface area contributed by atoms with Crippen LogP contribution < -0.4 is 5.32 Å². The van der Waals surface area contributed by atoms with Crippen molar-refractivity contribution in [2.24, 2.45) is 0 Å². The number of methoxy groups -OCH3 is 1. The fourth-order valence-electron chi connectivity index (χ4n) is 2.49. The highest BCUT2D eigenvalue weighted by Crippen LogP contribution is 2.23. The SMILES string of the molecule is COCCn1c(C2CNCCO2)nc2ccccc21. The van der Waals surface area contributed by atoms with Gasteiger partial charge in [0.1, 0.15) is 11.9 Å². The van der Waals surface area contributed by atoms with Crippen LogP contribution in [-0.4, -0.2) is 43.0 Å². The predicted octanol–water partition coefficient (Wildman–Crippen LogP) is 1.34. The van der Waals surface area contributed by atoms with Crippen LogP contribution in [0.3, 0.4) is 0 Å². The van der Waals surface area contributed by atoms with Crippen LogP contribution in [-0.2, 0) is 16.0 Å². The molecule has 1 unspecified atom stereocenters. The van der Waals surface area contributed by atoms with Gasteiger partial charge in [-0.3, -0.25) is 0 Å². The van der Waals surface area contributed by atoms with Gasteiger partial charge in [0.2, 0.25) is 0 Å². The Bertz CT molecular complexity index is 547. The molecule has 3 rings (SSSR count). The highest BCUT2D eigenvalue weighted by Gasteiger charge is 2.22. The average Bonchev–Trinajstić information content (AvgIpc) is 2.85. The van der Waals surface area contributed by atoms with Crippen molar-refractivity contribution in [1.29, 1.82) is 0 Å². The van der Waals surface area contributed by atoms with E-state index in [9.17, 15) is 0 Å². The van der Waals surface area contributed by atoms with Gasteiger partial charge < -0.3 is 19.4 Å². The molecule has 0 spiro atoms. The van der Waals surface area contributed by atoms with E-state index in [-0.39, 0.29) is 6.10 Å². The Morgan fingerprint density at radius 1 is 1.47 bits per heavy atom. The zero-order valence-electron chi connectivity index (χ0n) is 11.1. The Hall–Kier alpha value is -1.43. The monoisotopic (exact) mass is 261 g/mol. The summed E-state index contributed by atoms with van der Waals surface area (Å²) in [6.45, 7) is 3.93. The Kier molecular flexibility index (Phi) is 3.77. The molecule has 1 atom stereocenters. The molecule has 1 N–H and O–H groups in total. The summed E-state index contributed by atoms with van der Waals surface area (Å²) in [7, 11) is 1.72. The Labute approximate surface area is 112 Å². The van der Waals surface area contributed by atoms with Crippen molar-refractivity contribution in [3.8, 4) is 0 Å². The van der Waals surface area contributed by atoms with Gasteiger partial charge in [-0.05, 0) is 12.1 Å². The summed E-state index contributed by atoms with van der Waals surface area (Å²) in [6, 6.07) is 8.19. The van der Waals surface area contributed by atoms with E-state index in [1.165, 1.54) is 0 Å². The van der Waals surface area contributed by atoms with E-state index >= 15 is 0 Å². The number of imidazole rings is 1. The molecule has 1 saturated heterocycles. The lowest BCUT2D eigenvalue weighted by molar-refractivity contribution is 0.0196. The second kappa shape index (κ2) is 5.69. The molecule has 1 aliphatic heterocycles. The van der Waals surface area contributed by atoms with Crippen LogP contribution in [0, 0.1) is 0 Å². The van der Waals surface area contributed by atoms with Gasteiger partial charge in [-0.2, -0.15) is 0 Å². The first kappa shape index (κ1) is 12.6. The number of ether oxygens (including phenoxy) is 2. The molecule has 0 aliphatic carbocycles. The number of hydrogen-bond donors (Lipinski definition) is 1. The summed E-state index contributed by atoms with van der Waals surface area (Å²) in [5, 5.41) is 3.35. The van der Waals surface area contributed by atoms with E-state index in [0.29, 0.717) is 6.61 Å². The molecule has 2 aromatic rings. The minimum absolute atomic E-state index is 0.0259. The van der Waals surface area contributed by atoms with E-state index in [4.69, 9.17) is 14.5 Å². The van der Waals surface area contributed by atoms with Gasteiger partial charge >= 0.3 is 0 Å². The van der Waals surface area contributed by atoms with Gasteiger partial charge in [-0.15, -0.1) is 0 Å². The Morgan fingerprint density at radius 3 is 3.16 bits per heavy atom. The molecule has 5 heteroatoms. The predicted molar refractivity (Wildman–Crippen MR) is 73.2 cm³/mol. The van der Waals surface area contributed by atoms with E-state index in [1.54, 1.807) is 7.11 Å². The molecule has 0 bridgehead atoms. The number of aromatic nitrogens is 2. The lowest BCUT2D eigenvalue weighted by Gasteiger charge is -2.24. The quantitative estimate of drug-likeness (QED) is 0.902. The number of morpholine rings is 1. The number of benzene rings is 1. The smallest absolute Gasteiger partial charge is 0.140 e. The van der Waals surface area contributed by atoms with Gasteiger partial charge in [0.05, 0.1) is 24.2 Å². The maximum atomic E-state index is 5.83. The largest absolute Gasteiger partial charge is 0.383 e. The van der Waals surface area contributed by atoms with Crippen molar-refractivity contribution in [3.05, 3.63) is 30.1 Å². The molecule has 102 valence electrons. The summed E-state index contributed by atoms with van der Waals surface area (Å²) in [4.78, 5) is 4.73. The maximum absolute atomic E-state index is 5.83. The van der Waals surface area contributed by atoms with Crippen molar-refractivity contribution in [2.45, 2.75) is 12.6 Å². The summed E-state index contributed by atoms with van der Waals surface area (Å²) in [6.07, 6.45) is 0.0259. The fourth-order valence-corrected chi connectivity index (χ4v) is 2.49. The van der Waals surface area contributed by atoms with E-state index in [1.807, 2.05) is 18.2 Å². The minimum Gasteiger partial charge on any atom is -0.383 e. The zero-order chi connectivity index (χ0) is 13.1. The van der Waals surface area contributed by atoms with Crippen molar-refractivity contribution in [3.63, 3.8) is 0 Å². The number of rotatable bonds is 4. The zero-order valence-corrected chi connectivity index (χ0v) is 11.1. The molecule has 19 heavy (non-hydrogen) atoms. The van der Waals surface area contributed by atoms with Gasteiger partial charge in [0.15, 0.2) is 0 Å². The normalized spacial score (nSPS) is 19.9. The van der Waals surface area contributed by atoms with Crippen LogP contribution in [0.25, 0.3) is 11.0 Å². The van der Waals surface area contributed by atoms with Crippen molar-refractivity contribution >= 4 is 11.0 Å². The molecule has 1 aromatic carbocycles. The van der Waals surface area contributed by atoms with Gasteiger partial charge in [-0.1, -0.05) is 12.1 Å². The molecule has 1 aliphatic rings. The van der Waals surface area contributed by atoms with E-state index < -0.39 is 0 Å². The molecular formula is C14H19N3O2. The third-order valence-corrected chi connectivity index (χ3v) is 3.42. The number of nitrogens with one attached hydrogen (secondary N) is 1. The van der Waals surface area contributed by atoms with E-state index in [2.05, 4.69) is 16.0 Å². The van der Waals surface area contributed by atoms with Crippen LogP contribution in [0.2, 0.25) is 0 Å². The second-order valence-corrected chi connectivity index (χ2v) is 4.67. The first-order valence-corrected chi connectivity index (χ1v) is 6.66. The number of hydrogen-bond acceptors (Lipinski definition) is 4. The first-order chi connectivity index (χ1) is 9.40. The van der Waals surface area contributed by atoms with Crippen LogP contribution in [0.15, 0.2) is 24.3 Å². The summed E-state index contributed by atoms with van der Waals surface area (Å²) >= 11 is 0. The van der Waals surface area contributed by atoms with Gasteiger partial charge in [0, 0.05) is 26.7 Å². The highest BCUT2D eigenvalue weighted by atomic mass is 16.5.